The number of ether oxygens (including phenoxy) is 1. The lowest BCUT2D eigenvalue weighted by molar-refractivity contribution is 0.410. The van der Waals surface area contributed by atoms with Crippen molar-refractivity contribution in [3.05, 3.63) is 62.8 Å². The summed E-state index contributed by atoms with van der Waals surface area (Å²) in [4.78, 5) is 0. The Balaban J connectivity index is 2.49. The van der Waals surface area contributed by atoms with Gasteiger partial charge in [-0.25, -0.2) is 4.39 Å². The van der Waals surface area contributed by atoms with Crippen molar-refractivity contribution in [3.8, 4) is 5.75 Å². The van der Waals surface area contributed by atoms with Crippen LogP contribution in [0.5, 0.6) is 5.75 Å². The lowest BCUT2D eigenvalue weighted by Gasteiger charge is -2.20. The van der Waals surface area contributed by atoms with Gasteiger partial charge in [0.1, 0.15) is 11.6 Å². The summed E-state index contributed by atoms with van der Waals surface area (Å²) in [5.41, 5.74) is 1.33. The van der Waals surface area contributed by atoms with Crippen LogP contribution in [-0.4, -0.2) is 14.2 Å². The second kappa shape index (κ2) is 6.57. The smallest absolute Gasteiger partial charge is 0.132 e. The Morgan fingerprint density at radius 2 is 1.95 bits per heavy atom. The quantitative estimate of drug-likeness (QED) is 0.865. The van der Waals surface area contributed by atoms with Crippen LogP contribution >= 0.6 is 27.5 Å². The third-order valence-corrected chi connectivity index (χ3v) is 3.91. The van der Waals surface area contributed by atoms with Crippen LogP contribution in [0, 0.1) is 5.82 Å². The zero-order valence-corrected chi connectivity index (χ0v) is 13.4. The van der Waals surface area contributed by atoms with Crippen molar-refractivity contribution in [1.82, 2.24) is 5.32 Å². The van der Waals surface area contributed by atoms with E-state index in [1.165, 1.54) is 13.2 Å². The SMILES string of the molecule is CNC(c1ccc(OC)cc1F)c1cc(Br)ccc1Cl. The van der Waals surface area contributed by atoms with E-state index in [4.69, 9.17) is 16.3 Å². The van der Waals surface area contributed by atoms with Crippen LogP contribution < -0.4 is 10.1 Å². The molecule has 0 aromatic heterocycles. The second-order valence-corrected chi connectivity index (χ2v) is 5.60. The minimum Gasteiger partial charge on any atom is -0.497 e. The predicted octanol–water partition coefficient (Wildman–Crippen LogP) is 4.56. The third-order valence-electron chi connectivity index (χ3n) is 3.08. The molecule has 0 aliphatic rings. The maximum atomic E-state index is 14.2. The first-order chi connectivity index (χ1) is 9.56. The van der Waals surface area contributed by atoms with Gasteiger partial charge in [0.2, 0.25) is 0 Å². The Labute approximate surface area is 131 Å². The van der Waals surface area contributed by atoms with Gasteiger partial charge in [0.15, 0.2) is 0 Å². The molecule has 1 N–H and O–H groups in total. The van der Waals surface area contributed by atoms with Crippen LogP contribution in [0.25, 0.3) is 0 Å². The molecule has 2 aromatic rings. The lowest BCUT2D eigenvalue weighted by Crippen LogP contribution is -2.19. The maximum Gasteiger partial charge on any atom is 0.132 e. The van der Waals surface area contributed by atoms with E-state index < -0.39 is 0 Å². The average Bonchev–Trinajstić information content (AvgIpc) is 2.44. The first-order valence-corrected chi connectivity index (χ1v) is 7.19. The molecular formula is C15H14BrClFNO. The van der Waals surface area contributed by atoms with Gasteiger partial charge < -0.3 is 10.1 Å². The van der Waals surface area contributed by atoms with Gasteiger partial charge in [-0.15, -0.1) is 0 Å². The molecule has 0 aliphatic carbocycles. The van der Waals surface area contributed by atoms with Gasteiger partial charge in [0.25, 0.3) is 0 Å². The van der Waals surface area contributed by atoms with Crippen molar-refractivity contribution in [3.63, 3.8) is 0 Å². The minimum atomic E-state index is -0.334. The maximum absolute atomic E-state index is 14.2. The highest BCUT2D eigenvalue weighted by Gasteiger charge is 2.19. The highest BCUT2D eigenvalue weighted by Crippen LogP contribution is 2.32. The molecule has 0 radical (unpaired) electrons. The van der Waals surface area contributed by atoms with E-state index in [1.807, 2.05) is 12.1 Å². The van der Waals surface area contributed by atoms with E-state index in [1.54, 1.807) is 25.2 Å². The van der Waals surface area contributed by atoms with E-state index in [9.17, 15) is 4.39 Å². The minimum absolute atomic E-state index is 0.328. The Kier molecular flexibility index (Phi) is 5.02. The van der Waals surface area contributed by atoms with Crippen molar-refractivity contribution < 1.29 is 9.13 Å². The van der Waals surface area contributed by atoms with Gasteiger partial charge in [-0.3, -0.25) is 0 Å². The first kappa shape index (κ1) is 15.3. The number of halogens is 3. The second-order valence-electron chi connectivity index (χ2n) is 4.27. The fraction of sp³-hybridized carbons (Fsp3) is 0.200. The van der Waals surface area contributed by atoms with Gasteiger partial charge >= 0.3 is 0 Å². The molecule has 0 fully saturated rings. The zero-order chi connectivity index (χ0) is 14.7. The topological polar surface area (TPSA) is 21.3 Å². The van der Waals surface area contributed by atoms with Crippen LogP contribution in [0.1, 0.15) is 17.2 Å². The molecule has 20 heavy (non-hydrogen) atoms. The van der Waals surface area contributed by atoms with E-state index in [2.05, 4.69) is 21.2 Å². The number of methoxy groups -OCH3 is 1. The van der Waals surface area contributed by atoms with Crippen molar-refractivity contribution in [2.24, 2.45) is 0 Å². The molecule has 0 bridgehead atoms. The molecular weight excluding hydrogens is 345 g/mol. The van der Waals surface area contributed by atoms with Crippen LogP contribution in [0.2, 0.25) is 5.02 Å². The summed E-state index contributed by atoms with van der Waals surface area (Å²) in [5, 5.41) is 3.68. The van der Waals surface area contributed by atoms with Crippen LogP contribution in [0.15, 0.2) is 40.9 Å². The van der Waals surface area contributed by atoms with Gasteiger partial charge in [-0.2, -0.15) is 0 Å². The molecule has 0 spiro atoms. The summed E-state index contributed by atoms with van der Waals surface area (Å²) >= 11 is 9.63. The van der Waals surface area contributed by atoms with Crippen molar-refractivity contribution in [2.45, 2.75) is 6.04 Å². The van der Waals surface area contributed by atoms with Crippen LogP contribution in [0.3, 0.4) is 0 Å². The average molecular weight is 359 g/mol. The Morgan fingerprint density at radius 3 is 2.55 bits per heavy atom. The summed E-state index contributed by atoms with van der Waals surface area (Å²) in [6, 6.07) is 9.99. The summed E-state index contributed by atoms with van der Waals surface area (Å²) in [6.45, 7) is 0. The highest BCUT2D eigenvalue weighted by atomic mass is 79.9. The summed E-state index contributed by atoms with van der Waals surface area (Å²) in [5.74, 6) is 0.154. The third kappa shape index (κ3) is 3.14. The molecule has 2 rings (SSSR count). The fourth-order valence-electron chi connectivity index (χ4n) is 2.08. The zero-order valence-electron chi connectivity index (χ0n) is 11.1. The molecule has 0 heterocycles. The van der Waals surface area contributed by atoms with E-state index in [0.717, 1.165) is 10.0 Å². The standard InChI is InChI=1S/C15H14BrClFNO/c1-19-15(12-7-9(16)3-6-13(12)17)11-5-4-10(20-2)8-14(11)18/h3-8,15,19H,1-2H3. The number of hydrogen-bond acceptors (Lipinski definition) is 2. The van der Waals surface area contributed by atoms with E-state index in [-0.39, 0.29) is 11.9 Å². The monoisotopic (exact) mass is 357 g/mol. The molecule has 0 saturated carbocycles. The summed E-state index contributed by atoms with van der Waals surface area (Å²) < 4.78 is 20.1. The molecule has 0 saturated heterocycles. The van der Waals surface area contributed by atoms with Gasteiger partial charge in [0, 0.05) is 21.1 Å². The molecule has 5 heteroatoms. The molecule has 1 unspecified atom stereocenters. The number of hydrogen-bond donors (Lipinski definition) is 1. The molecule has 2 nitrogen and oxygen atoms in total. The Hall–Kier alpha value is -1.10. The molecule has 0 aliphatic heterocycles. The lowest BCUT2D eigenvalue weighted by atomic mass is 9.98. The molecule has 2 aromatic carbocycles. The van der Waals surface area contributed by atoms with Crippen LogP contribution in [0.4, 0.5) is 4.39 Å². The van der Waals surface area contributed by atoms with Gasteiger partial charge in [-0.1, -0.05) is 33.6 Å². The largest absolute Gasteiger partial charge is 0.497 e. The predicted molar refractivity (Wildman–Crippen MR) is 83.0 cm³/mol. The normalized spacial score (nSPS) is 12.2. The number of benzene rings is 2. The fourth-order valence-corrected chi connectivity index (χ4v) is 2.69. The Morgan fingerprint density at radius 1 is 1.20 bits per heavy atom. The van der Waals surface area contributed by atoms with Crippen LogP contribution in [-0.2, 0) is 0 Å². The highest BCUT2D eigenvalue weighted by molar-refractivity contribution is 9.10. The van der Waals surface area contributed by atoms with Crippen molar-refractivity contribution in [2.75, 3.05) is 14.2 Å². The number of rotatable bonds is 4. The summed E-state index contributed by atoms with van der Waals surface area (Å²) in [7, 11) is 3.28. The van der Waals surface area contributed by atoms with E-state index in [0.29, 0.717) is 16.3 Å². The van der Waals surface area contributed by atoms with Gasteiger partial charge in [0.05, 0.1) is 13.2 Å². The summed E-state index contributed by atoms with van der Waals surface area (Å²) in [6.07, 6.45) is 0. The van der Waals surface area contributed by atoms with Gasteiger partial charge in [-0.05, 0) is 36.9 Å². The Bertz CT molecular complexity index is 621. The van der Waals surface area contributed by atoms with Crippen molar-refractivity contribution >= 4 is 27.5 Å². The number of nitrogens with one attached hydrogen (secondary N) is 1. The molecule has 0 amide bonds. The van der Waals surface area contributed by atoms with Crippen molar-refractivity contribution in [1.29, 1.82) is 0 Å². The molecule has 106 valence electrons. The molecule has 1 atom stereocenters. The van der Waals surface area contributed by atoms with E-state index >= 15 is 0 Å². The first-order valence-electron chi connectivity index (χ1n) is 6.02.